The summed E-state index contributed by atoms with van der Waals surface area (Å²) in [5.74, 6) is 0.0241. The lowest BCUT2D eigenvalue weighted by molar-refractivity contribution is 0.0986. The lowest BCUT2D eigenvalue weighted by Crippen LogP contribution is -2.33. The standard InChI is InChI=1S/C18H22N2O/c1-14-7-9-17(10-8-14)20(12-4-11-19)18(21)16-6-3-5-15(2)13-16/h3,5-10,13H,4,11-12,19H2,1-2H3. The number of carbonyl (C=O) groups is 1. The molecule has 2 rings (SSSR count). The first-order valence-electron chi connectivity index (χ1n) is 7.27. The van der Waals surface area contributed by atoms with Gasteiger partial charge in [0.2, 0.25) is 0 Å². The van der Waals surface area contributed by atoms with Crippen molar-refractivity contribution in [1.29, 1.82) is 0 Å². The highest BCUT2D eigenvalue weighted by atomic mass is 16.2. The van der Waals surface area contributed by atoms with Crippen molar-refractivity contribution in [1.82, 2.24) is 0 Å². The number of nitrogens with zero attached hydrogens (tertiary/aromatic N) is 1. The van der Waals surface area contributed by atoms with Crippen molar-refractivity contribution in [2.45, 2.75) is 20.3 Å². The number of hydrogen-bond acceptors (Lipinski definition) is 2. The molecule has 0 aliphatic rings. The lowest BCUT2D eigenvalue weighted by atomic mass is 10.1. The average Bonchev–Trinajstić information content (AvgIpc) is 2.49. The fraction of sp³-hybridized carbons (Fsp3) is 0.278. The van der Waals surface area contributed by atoms with Crippen LogP contribution in [0.2, 0.25) is 0 Å². The van der Waals surface area contributed by atoms with Gasteiger partial charge in [0, 0.05) is 17.8 Å². The zero-order chi connectivity index (χ0) is 15.2. The zero-order valence-electron chi connectivity index (χ0n) is 12.7. The van der Waals surface area contributed by atoms with Gasteiger partial charge >= 0.3 is 0 Å². The second-order valence-corrected chi connectivity index (χ2v) is 5.30. The highest BCUT2D eigenvalue weighted by molar-refractivity contribution is 6.06. The maximum Gasteiger partial charge on any atom is 0.258 e. The molecule has 21 heavy (non-hydrogen) atoms. The van der Waals surface area contributed by atoms with E-state index in [4.69, 9.17) is 5.73 Å². The maximum atomic E-state index is 12.8. The fourth-order valence-corrected chi connectivity index (χ4v) is 2.26. The number of aryl methyl sites for hydroxylation is 2. The van der Waals surface area contributed by atoms with Gasteiger partial charge in [-0.15, -0.1) is 0 Å². The first kappa shape index (κ1) is 15.3. The molecule has 1 amide bonds. The largest absolute Gasteiger partial charge is 0.330 e. The van der Waals surface area contributed by atoms with Crippen LogP contribution in [0.1, 0.15) is 27.9 Å². The molecule has 0 bridgehead atoms. The van der Waals surface area contributed by atoms with Gasteiger partial charge in [-0.3, -0.25) is 4.79 Å². The zero-order valence-corrected chi connectivity index (χ0v) is 12.7. The van der Waals surface area contributed by atoms with E-state index < -0.39 is 0 Å². The Morgan fingerprint density at radius 2 is 1.76 bits per heavy atom. The molecule has 3 nitrogen and oxygen atoms in total. The van der Waals surface area contributed by atoms with Crippen LogP contribution in [0.25, 0.3) is 0 Å². The Morgan fingerprint density at radius 3 is 2.38 bits per heavy atom. The summed E-state index contributed by atoms with van der Waals surface area (Å²) in [7, 11) is 0. The number of rotatable bonds is 5. The Morgan fingerprint density at radius 1 is 1.05 bits per heavy atom. The molecule has 110 valence electrons. The number of carbonyl (C=O) groups excluding carboxylic acids is 1. The van der Waals surface area contributed by atoms with Crippen LogP contribution in [-0.2, 0) is 0 Å². The van der Waals surface area contributed by atoms with Gasteiger partial charge < -0.3 is 10.6 Å². The summed E-state index contributed by atoms with van der Waals surface area (Å²) in [4.78, 5) is 14.6. The summed E-state index contributed by atoms with van der Waals surface area (Å²) in [5.41, 5.74) is 9.50. The predicted molar refractivity (Wildman–Crippen MR) is 87.7 cm³/mol. The van der Waals surface area contributed by atoms with Gasteiger partial charge in [0.05, 0.1) is 0 Å². The van der Waals surface area contributed by atoms with E-state index in [1.807, 2.05) is 62.4 Å². The van der Waals surface area contributed by atoms with Crippen molar-refractivity contribution < 1.29 is 4.79 Å². The number of anilines is 1. The molecule has 2 aromatic rings. The van der Waals surface area contributed by atoms with Crippen LogP contribution in [0.4, 0.5) is 5.69 Å². The third-order valence-corrected chi connectivity index (χ3v) is 3.44. The van der Waals surface area contributed by atoms with E-state index in [0.29, 0.717) is 18.7 Å². The Kier molecular flexibility index (Phi) is 5.12. The van der Waals surface area contributed by atoms with E-state index in [1.165, 1.54) is 5.56 Å². The Bertz CT molecular complexity index is 605. The Balaban J connectivity index is 2.31. The molecule has 2 aromatic carbocycles. The van der Waals surface area contributed by atoms with Crippen LogP contribution >= 0.6 is 0 Å². The number of benzene rings is 2. The number of hydrogen-bond donors (Lipinski definition) is 1. The Labute approximate surface area is 126 Å². The van der Waals surface area contributed by atoms with Crippen LogP contribution in [0.15, 0.2) is 48.5 Å². The smallest absolute Gasteiger partial charge is 0.258 e. The monoisotopic (exact) mass is 282 g/mol. The third-order valence-electron chi connectivity index (χ3n) is 3.44. The number of nitrogens with two attached hydrogens (primary N) is 1. The molecule has 0 aliphatic heterocycles. The molecule has 0 radical (unpaired) electrons. The first-order chi connectivity index (χ1) is 10.1. The topological polar surface area (TPSA) is 46.3 Å². The van der Waals surface area contributed by atoms with Crippen LogP contribution in [0.5, 0.6) is 0 Å². The van der Waals surface area contributed by atoms with Crippen LogP contribution in [-0.4, -0.2) is 19.0 Å². The molecule has 0 unspecified atom stereocenters. The molecule has 0 atom stereocenters. The molecule has 0 aromatic heterocycles. The molecular weight excluding hydrogens is 260 g/mol. The minimum Gasteiger partial charge on any atom is -0.330 e. The van der Waals surface area contributed by atoms with Crippen molar-refractivity contribution in [3.63, 3.8) is 0 Å². The van der Waals surface area contributed by atoms with E-state index in [2.05, 4.69) is 0 Å². The van der Waals surface area contributed by atoms with Crippen molar-refractivity contribution in [3.8, 4) is 0 Å². The van der Waals surface area contributed by atoms with Gasteiger partial charge in [-0.1, -0.05) is 35.4 Å². The second kappa shape index (κ2) is 7.04. The van der Waals surface area contributed by atoms with Gasteiger partial charge in [0.1, 0.15) is 0 Å². The van der Waals surface area contributed by atoms with Gasteiger partial charge in [0.15, 0.2) is 0 Å². The summed E-state index contributed by atoms with van der Waals surface area (Å²) >= 11 is 0. The van der Waals surface area contributed by atoms with Crippen molar-refractivity contribution >= 4 is 11.6 Å². The SMILES string of the molecule is Cc1ccc(N(CCCN)C(=O)c2cccc(C)c2)cc1. The van der Waals surface area contributed by atoms with Gasteiger partial charge in [0.25, 0.3) is 5.91 Å². The molecule has 0 saturated carbocycles. The average molecular weight is 282 g/mol. The van der Waals surface area contributed by atoms with E-state index >= 15 is 0 Å². The van der Waals surface area contributed by atoms with Crippen LogP contribution in [0, 0.1) is 13.8 Å². The molecule has 3 heteroatoms. The van der Waals surface area contributed by atoms with Gasteiger partial charge in [-0.2, -0.15) is 0 Å². The second-order valence-electron chi connectivity index (χ2n) is 5.30. The molecule has 2 N–H and O–H groups in total. The summed E-state index contributed by atoms with van der Waals surface area (Å²) < 4.78 is 0. The minimum absolute atomic E-state index is 0.0241. The van der Waals surface area contributed by atoms with Crippen molar-refractivity contribution in [2.24, 2.45) is 5.73 Å². The summed E-state index contributed by atoms with van der Waals surface area (Å²) in [6, 6.07) is 15.7. The highest BCUT2D eigenvalue weighted by Gasteiger charge is 2.17. The van der Waals surface area contributed by atoms with E-state index in [-0.39, 0.29) is 5.91 Å². The lowest BCUT2D eigenvalue weighted by Gasteiger charge is -2.23. The van der Waals surface area contributed by atoms with Crippen molar-refractivity contribution in [2.75, 3.05) is 18.0 Å². The minimum atomic E-state index is 0.0241. The van der Waals surface area contributed by atoms with E-state index in [0.717, 1.165) is 17.7 Å². The van der Waals surface area contributed by atoms with Crippen LogP contribution in [0.3, 0.4) is 0 Å². The molecule has 0 saturated heterocycles. The normalized spacial score (nSPS) is 10.4. The third kappa shape index (κ3) is 3.92. The highest BCUT2D eigenvalue weighted by Crippen LogP contribution is 2.19. The summed E-state index contributed by atoms with van der Waals surface area (Å²) in [6.07, 6.45) is 0.783. The molecule has 0 fully saturated rings. The van der Waals surface area contributed by atoms with E-state index in [1.54, 1.807) is 4.90 Å². The first-order valence-corrected chi connectivity index (χ1v) is 7.27. The fourth-order valence-electron chi connectivity index (χ4n) is 2.26. The number of amides is 1. The maximum absolute atomic E-state index is 12.8. The molecular formula is C18H22N2O. The van der Waals surface area contributed by atoms with Gasteiger partial charge in [-0.25, -0.2) is 0 Å². The van der Waals surface area contributed by atoms with Crippen molar-refractivity contribution in [3.05, 3.63) is 65.2 Å². The summed E-state index contributed by atoms with van der Waals surface area (Å²) in [6.45, 7) is 5.24. The predicted octanol–water partition coefficient (Wildman–Crippen LogP) is 3.30. The molecule has 0 heterocycles. The van der Waals surface area contributed by atoms with Gasteiger partial charge in [-0.05, 0) is 51.1 Å². The quantitative estimate of drug-likeness (QED) is 0.914. The molecule has 0 spiro atoms. The summed E-state index contributed by atoms with van der Waals surface area (Å²) in [5, 5.41) is 0. The van der Waals surface area contributed by atoms with E-state index in [9.17, 15) is 4.79 Å². The van der Waals surface area contributed by atoms with Crippen LogP contribution < -0.4 is 10.6 Å². The Hall–Kier alpha value is -2.13. The molecule has 0 aliphatic carbocycles.